The molecule has 0 spiro atoms. The van der Waals surface area contributed by atoms with E-state index in [9.17, 15) is 9.59 Å². The maximum Gasteiger partial charge on any atom is 0.308 e. The van der Waals surface area contributed by atoms with Crippen LogP contribution in [0.2, 0.25) is 0 Å². The highest BCUT2D eigenvalue weighted by Crippen LogP contribution is 2.27. The van der Waals surface area contributed by atoms with Crippen LogP contribution in [0.25, 0.3) is 11.4 Å². The molecule has 1 saturated heterocycles. The first-order valence-electron chi connectivity index (χ1n) is 11.3. The zero-order chi connectivity index (χ0) is 23.1. The predicted molar refractivity (Wildman–Crippen MR) is 127 cm³/mol. The Kier molecular flexibility index (Phi) is 8.55. The predicted octanol–water partition coefficient (Wildman–Crippen LogP) is 3.31. The average Bonchev–Trinajstić information content (AvgIpc) is 3.26. The number of benzene rings is 1. The van der Waals surface area contributed by atoms with Gasteiger partial charge >= 0.3 is 5.97 Å². The molecule has 0 bridgehead atoms. The molecule has 174 valence electrons. The van der Waals surface area contributed by atoms with E-state index in [0.717, 1.165) is 36.2 Å². The van der Waals surface area contributed by atoms with Gasteiger partial charge < -0.3 is 19.1 Å². The Morgan fingerprint density at radius 2 is 1.75 bits per heavy atom. The fraction of sp³-hybridized carbons (Fsp3) is 0.565. The summed E-state index contributed by atoms with van der Waals surface area (Å²) in [5, 5.41) is 9.50. The largest absolute Gasteiger partial charge is 0.469 e. The molecule has 0 aliphatic carbocycles. The quantitative estimate of drug-likeness (QED) is 0.420. The first kappa shape index (κ1) is 24.1. The fourth-order valence-electron chi connectivity index (χ4n) is 4.05. The summed E-state index contributed by atoms with van der Waals surface area (Å²) in [6, 6.07) is 8.39. The molecule has 1 fully saturated rings. The smallest absolute Gasteiger partial charge is 0.308 e. The van der Waals surface area contributed by atoms with E-state index in [4.69, 9.17) is 4.74 Å². The Balaban J connectivity index is 1.62. The average molecular weight is 460 g/mol. The van der Waals surface area contributed by atoms with E-state index in [-0.39, 0.29) is 17.8 Å². The van der Waals surface area contributed by atoms with Crippen LogP contribution in [-0.4, -0.2) is 70.6 Å². The molecule has 0 radical (unpaired) electrons. The third kappa shape index (κ3) is 5.43. The zero-order valence-electron chi connectivity index (χ0n) is 19.4. The highest BCUT2D eigenvalue weighted by Gasteiger charge is 2.28. The molecule has 9 heteroatoms. The molecule has 2 aromatic rings. The number of thioether (sulfide) groups is 1. The number of piperidine rings is 1. The van der Waals surface area contributed by atoms with Gasteiger partial charge in [-0.3, -0.25) is 9.59 Å². The molecule has 1 aromatic carbocycles. The number of amides is 1. The molecule has 0 unspecified atom stereocenters. The van der Waals surface area contributed by atoms with Crippen molar-refractivity contribution >= 4 is 29.3 Å². The van der Waals surface area contributed by atoms with E-state index in [1.165, 1.54) is 24.6 Å². The highest BCUT2D eigenvalue weighted by atomic mass is 32.2. The number of hydrogen-bond acceptors (Lipinski definition) is 7. The molecule has 1 aliphatic rings. The van der Waals surface area contributed by atoms with E-state index in [1.54, 1.807) is 0 Å². The molecule has 3 rings (SSSR count). The van der Waals surface area contributed by atoms with Gasteiger partial charge in [0.15, 0.2) is 11.0 Å². The van der Waals surface area contributed by atoms with Crippen molar-refractivity contribution in [3.8, 4) is 11.4 Å². The van der Waals surface area contributed by atoms with Crippen LogP contribution in [-0.2, 0) is 20.9 Å². The van der Waals surface area contributed by atoms with Gasteiger partial charge in [-0.1, -0.05) is 11.8 Å². The van der Waals surface area contributed by atoms with Crippen LogP contribution in [0.1, 0.15) is 33.6 Å². The zero-order valence-corrected chi connectivity index (χ0v) is 20.2. The number of rotatable bonds is 9. The van der Waals surface area contributed by atoms with Crippen LogP contribution in [0.5, 0.6) is 0 Å². The molecular weight excluding hydrogens is 426 g/mol. The molecule has 0 atom stereocenters. The van der Waals surface area contributed by atoms with E-state index in [1.807, 2.05) is 9.47 Å². The van der Waals surface area contributed by atoms with E-state index in [2.05, 4.69) is 60.1 Å². The van der Waals surface area contributed by atoms with E-state index in [0.29, 0.717) is 31.7 Å². The van der Waals surface area contributed by atoms with Gasteiger partial charge in [-0.15, -0.1) is 10.2 Å². The molecule has 1 aromatic heterocycles. The topological polar surface area (TPSA) is 80.6 Å². The third-order valence-corrected chi connectivity index (χ3v) is 6.95. The summed E-state index contributed by atoms with van der Waals surface area (Å²) in [5.74, 6) is 0.902. The first-order valence-corrected chi connectivity index (χ1v) is 12.3. The Morgan fingerprint density at radius 1 is 1.09 bits per heavy atom. The number of aromatic nitrogens is 3. The molecule has 1 amide bonds. The van der Waals surface area contributed by atoms with Crippen molar-refractivity contribution in [1.29, 1.82) is 0 Å². The number of likely N-dealkylation sites (tertiary alicyclic amines) is 1. The van der Waals surface area contributed by atoms with Crippen LogP contribution in [0.3, 0.4) is 0 Å². The SMILES string of the molecule is CCN(CC)c1ccc(-c2nnc(SCC(=O)N3CCC(C(=O)OC)CC3)n2CC)cc1. The second-order valence-corrected chi connectivity index (χ2v) is 8.68. The summed E-state index contributed by atoms with van der Waals surface area (Å²) in [5.41, 5.74) is 2.20. The van der Waals surface area contributed by atoms with Crippen LogP contribution >= 0.6 is 11.8 Å². The number of ether oxygens (including phenoxy) is 1. The summed E-state index contributed by atoms with van der Waals surface area (Å²) >= 11 is 1.41. The van der Waals surface area contributed by atoms with Crippen molar-refractivity contribution in [2.75, 3.05) is 43.9 Å². The number of carbonyl (C=O) groups excluding carboxylic acids is 2. The summed E-state index contributed by atoms with van der Waals surface area (Å²) in [4.78, 5) is 28.5. The number of anilines is 1. The summed E-state index contributed by atoms with van der Waals surface area (Å²) in [6.45, 7) is 10.2. The monoisotopic (exact) mass is 459 g/mol. The van der Waals surface area contributed by atoms with E-state index >= 15 is 0 Å². The van der Waals surface area contributed by atoms with Gasteiger partial charge in [-0.2, -0.15) is 0 Å². The number of methoxy groups -OCH3 is 1. The van der Waals surface area contributed by atoms with Crippen molar-refractivity contribution < 1.29 is 14.3 Å². The minimum absolute atomic E-state index is 0.0640. The fourth-order valence-corrected chi connectivity index (χ4v) is 4.96. The highest BCUT2D eigenvalue weighted by molar-refractivity contribution is 7.99. The van der Waals surface area contributed by atoms with Gasteiger partial charge in [-0.05, 0) is 57.9 Å². The van der Waals surface area contributed by atoms with Crippen LogP contribution < -0.4 is 4.90 Å². The Labute approximate surface area is 194 Å². The van der Waals surface area contributed by atoms with E-state index < -0.39 is 0 Å². The standard InChI is InChI=1S/C23H33N5O3S/c1-5-26(6-2)19-10-8-17(9-11-19)21-24-25-23(28(21)7-3)32-16-20(29)27-14-12-18(13-15-27)22(30)31-4/h8-11,18H,5-7,12-16H2,1-4H3. The van der Waals surface area contributed by atoms with Gasteiger partial charge in [0.2, 0.25) is 5.91 Å². The van der Waals surface area contributed by atoms with Gasteiger partial charge in [0.25, 0.3) is 0 Å². The first-order chi connectivity index (χ1) is 15.5. The molecular formula is C23H33N5O3S. The van der Waals surface area contributed by atoms with Gasteiger partial charge in [-0.25, -0.2) is 0 Å². The molecule has 8 nitrogen and oxygen atoms in total. The number of nitrogens with zero attached hydrogens (tertiary/aromatic N) is 5. The Hall–Kier alpha value is -2.55. The molecule has 1 aliphatic heterocycles. The lowest BCUT2D eigenvalue weighted by Gasteiger charge is -2.30. The van der Waals surface area contributed by atoms with Crippen LogP contribution in [0.15, 0.2) is 29.4 Å². The summed E-state index contributed by atoms with van der Waals surface area (Å²) in [7, 11) is 1.41. The third-order valence-electron chi connectivity index (χ3n) is 5.99. The van der Waals surface area contributed by atoms with Crippen molar-refractivity contribution in [2.45, 2.75) is 45.3 Å². The van der Waals surface area contributed by atoms with Crippen LogP contribution in [0, 0.1) is 5.92 Å². The maximum atomic E-state index is 12.7. The lowest BCUT2D eigenvalue weighted by molar-refractivity contribution is -0.148. The van der Waals surface area contributed by atoms with Crippen molar-refractivity contribution in [2.24, 2.45) is 5.92 Å². The molecule has 2 heterocycles. The van der Waals surface area contributed by atoms with Crippen molar-refractivity contribution in [1.82, 2.24) is 19.7 Å². The molecule has 32 heavy (non-hydrogen) atoms. The second kappa shape index (κ2) is 11.4. The van der Waals surface area contributed by atoms with Gasteiger partial charge in [0.05, 0.1) is 18.8 Å². The Bertz CT molecular complexity index is 903. The van der Waals surface area contributed by atoms with Crippen molar-refractivity contribution in [3.63, 3.8) is 0 Å². The Morgan fingerprint density at radius 3 is 2.31 bits per heavy atom. The normalized spacial score (nSPS) is 14.4. The number of carbonyl (C=O) groups is 2. The van der Waals surface area contributed by atoms with Gasteiger partial charge in [0.1, 0.15) is 0 Å². The molecule has 0 saturated carbocycles. The van der Waals surface area contributed by atoms with Crippen LogP contribution in [0.4, 0.5) is 5.69 Å². The summed E-state index contributed by atoms with van der Waals surface area (Å²) in [6.07, 6.45) is 1.31. The second-order valence-electron chi connectivity index (χ2n) is 7.74. The minimum atomic E-state index is -0.180. The lowest BCUT2D eigenvalue weighted by Crippen LogP contribution is -2.41. The minimum Gasteiger partial charge on any atom is -0.469 e. The maximum absolute atomic E-state index is 12.7. The lowest BCUT2D eigenvalue weighted by atomic mass is 9.97. The van der Waals surface area contributed by atoms with Crippen molar-refractivity contribution in [3.05, 3.63) is 24.3 Å². The summed E-state index contributed by atoms with van der Waals surface area (Å²) < 4.78 is 6.87. The molecule has 0 N–H and O–H groups in total. The number of esters is 1. The van der Waals surface area contributed by atoms with Gasteiger partial charge in [0, 0.05) is 44.0 Å². The number of hydrogen-bond donors (Lipinski definition) is 0.